The van der Waals surface area contributed by atoms with Gasteiger partial charge in [-0.2, -0.15) is 4.98 Å². The highest BCUT2D eigenvalue weighted by atomic mass is 32.2. The minimum Gasteiger partial charge on any atom is -0.493 e. The molecule has 3 unspecified atom stereocenters. The number of sulfone groups is 1. The molecule has 1 heterocycles. The Balaban J connectivity index is 1.94. The maximum atomic E-state index is 14.4. The van der Waals surface area contributed by atoms with Crippen LogP contribution in [0.2, 0.25) is 0 Å². The van der Waals surface area contributed by atoms with E-state index in [1.165, 1.54) is 4.57 Å². The summed E-state index contributed by atoms with van der Waals surface area (Å²) in [6.07, 6.45) is 13.6. The van der Waals surface area contributed by atoms with Crippen LogP contribution >= 0.6 is 0 Å². The molecule has 1 aromatic carbocycles. The number of aromatic hydroxyl groups is 1. The first kappa shape index (κ1) is 36.2. The van der Waals surface area contributed by atoms with Gasteiger partial charge in [0.1, 0.15) is 6.61 Å². The quantitative estimate of drug-likeness (QED) is 0.297. The van der Waals surface area contributed by atoms with Crippen molar-refractivity contribution in [2.45, 2.75) is 154 Å². The summed E-state index contributed by atoms with van der Waals surface area (Å²) in [6.45, 7) is 10.5. The monoisotopic (exact) mass is 656 g/mol. The van der Waals surface area contributed by atoms with Crippen molar-refractivity contribution in [3.05, 3.63) is 52.1 Å². The summed E-state index contributed by atoms with van der Waals surface area (Å²) in [6, 6.07) is 8.65. The first-order valence-corrected chi connectivity index (χ1v) is 19.1. The Morgan fingerprint density at radius 3 is 2.09 bits per heavy atom. The molecule has 0 radical (unpaired) electrons. The van der Waals surface area contributed by atoms with Crippen LogP contribution in [0.25, 0.3) is 0 Å². The van der Waals surface area contributed by atoms with E-state index in [1.807, 2.05) is 51.1 Å². The molecular weight excluding hydrogens is 600 g/mol. The normalized spacial score (nSPS) is 23.5. The number of rotatable bonds is 7. The second-order valence-electron chi connectivity index (χ2n) is 15.2. The maximum Gasteiger partial charge on any atom is 0.375 e. The SMILES string of the molecule is CC1CCCCCCCC1(C)C(n1c(C(=O)OCc2ccccc2)nc(=O)c(S(=O)(=O)C2CCCCCCCC2)c1O)C(C)(C)C. The molecule has 4 rings (SSSR count). The van der Waals surface area contributed by atoms with E-state index in [4.69, 9.17) is 4.74 Å². The zero-order valence-corrected chi connectivity index (χ0v) is 29.5. The minimum absolute atomic E-state index is 0.0493. The number of aromatic nitrogens is 2. The van der Waals surface area contributed by atoms with Gasteiger partial charge in [-0.25, -0.2) is 13.2 Å². The number of ether oxygens (including phenoxy) is 1. The van der Waals surface area contributed by atoms with Crippen molar-refractivity contribution in [2.75, 3.05) is 0 Å². The van der Waals surface area contributed by atoms with E-state index in [-0.39, 0.29) is 18.3 Å². The average molecular weight is 657 g/mol. The van der Waals surface area contributed by atoms with Crippen LogP contribution in [0.4, 0.5) is 0 Å². The predicted molar refractivity (Wildman–Crippen MR) is 182 cm³/mol. The van der Waals surface area contributed by atoms with Crippen molar-refractivity contribution >= 4 is 15.8 Å². The molecule has 2 fully saturated rings. The van der Waals surface area contributed by atoms with Crippen molar-refractivity contribution in [3.8, 4) is 5.88 Å². The van der Waals surface area contributed by atoms with Crippen LogP contribution in [0, 0.1) is 16.7 Å². The van der Waals surface area contributed by atoms with Crippen LogP contribution in [-0.2, 0) is 21.2 Å². The van der Waals surface area contributed by atoms with Crippen LogP contribution in [0.5, 0.6) is 5.88 Å². The van der Waals surface area contributed by atoms with E-state index in [2.05, 4.69) is 18.8 Å². The van der Waals surface area contributed by atoms with E-state index >= 15 is 0 Å². The molecule has 1 aromatic heterocycles. The van der Waals surface area contributed by atoms with E-state index in [9.17, 15) is 23.1 Å². The number of hydrogen-bond acceptors (Lipinski definition) is 7. The van der Waals surface area contributed by atoms with Crippen LogP contribution in [0.3, 0.4) is 0 Å². The largest absolute Gasteiger partial charge is 0.493 e. The second kappa shape index (κ2) is 15.5. The molecule has 0 saturated heterocycles. The molecule has 256 valence electrons. The van der Waals surface area contributed by atoms with Gasteiger partial charge < -0.3 is 9.84 Å². The highest BCUT2D eigenvalue weighted by Gasteiger charge is 2.49. The lowest BCUT2D eigenvalue weighted by Crippen LogP contribution is -2.45. The number of esters is 1. The summed E-state index contributed by atoms with van der Waals surface area (Å²) in [7, 11) is -4.26. The lowest BCUT2D eigenvalue weighted by atomic mass is 9.61. The molecule has 8 nitrogen and oxygen atoms in total. The fraction of sp³-hybridized carbons (Fsp3) is 0.703. The second-order valence-corrected chi connectivity index (χ2v) is 17.3. The Kier molecular flexibility index (Phi) is 12.2. The van der Waals surface area contributed by atoms with Gasteiger partial charge in [0.15, 0.2) is 14.7 Å². The fourth-order valence-electron chi connectivity index (χ4n) is 8.14. The van der Waals surface area contributed by atoms with E-state index in [0.29, 0.717) is 12.8 Å². The molecule has 2 aliphatic carbocycles. The average Bonchev–Trinajstić information content (AvgIpc) is 3.19. The molecule has 3 atom stereocenters. The summed E-state index contributed by atoms with van der Waals surface area (Å²) in [5.41, 5.74) is -1.35. The van der Waals surface area contributed by atoms with Gasteiger partial charge in [-0.05, 0) is 41.6 Å². The van der Waals surface area contributed by atoms with Crippen molar-refractivity contribution in [3.63, 3.8) is 0 Å². The van der Waals surface area contributed by atoms with Gasteiger partial charge >= 0.3 is 5.97 Å². The summed E-state index contributed by atoms with van der Waals surface area (Å²) in [5, 5.41) is 11.4. The number of carbonyl (C=O) groups excluding carboxylic acids is 1. The topological polar surface area (TPSA) is 116 Å². The van der Waals surface area contributed by atoms with Gasteiger partial charge in [0.05, 0.1) is 5.25 Å². The fourth-order valence-corrected chi connectivity index (χ4v) is 10.1. The van der Waals surface area contributed by atoms with Gasteiger partial charge in [-0.15, -0.1) is 0 Å². The Bertz CT molecular complexity index is 1470. The van der Waals surface area contributed by atoms with Gasteiger partial charge in [0, 0.05) is 6.04 Å². The van der Waals surface area contributed by atoms with E-state index < -0.39 is 54.3 Å². The van der Waals surface area contributed by atoms with Gasteiger partial charge in [-0.1, -0.05) is 142 Å². The molecule has 2 saturated carbocycles. The molecule has 9 heteroatoms. The highest BCUT2D eigenvalue weighted by Crippen LogP contribution is 2.55. The Hall–Kier alpha value is -2.68. The predicted octanol–water partition coefficient (Wildman–Crippen LogP) is 8.56. The Morgan fingerprint density at radius 1 is 0.957 bits per heavy atom. The third kappa shape index (κ3) is 8.23. The lowest BCUT2D eigenvalue weighted by Gasteiger charge is -2.50. The van der Waals surface area contributed by atoms with E-state index in [0.717, 1.165) is 89.0 Å². The number of nitrogens with zero attached hydrogens (tertiary/aromatic N) is 2. The molecule has 0 bridgehead atoms. The third-order valence-electron chi connectivity index (χ3n) is 10.7. The lowest BCUT2D eigenvalue weighted by molar-refractivity contribution is 0.00678. The minimum atomic E-state index is -4.26. The van der Waals surface area contributed by atoms with Crippen LogP contribution in [0.15, 0.2) is 40.0 Å². The van der Waals surface area contributed by atoms with E-state index in [1.54, 1.807) is 0 Å². The van der Waals surface area contributed by atoms with Crippen LogP contribution < -0.4 is 5.56 Å². The van der Waals surface area contributed by atoms with Crippen molar-refractivity contribution in [1.82, 2.24) is 9.55 Å². The summed E-state index contributed by atoms with van der Waals surface area (Å²) in [5.74, 6) is -1.70. The highest BCUT2D eigenvalue weighted by molar-refractivity contribution is 7.92. The van der Waals surface area contributed by atoms with Crippen molar-refractivity contribution < 1.29 is 23.1 Å². The Labute approximate surface area is 276 Å². The summed E-state index contributed by atoms with van der Waals surface area (Å²) in [4.78, 5) is 31.2. The van der Waals surface area contributed by atoms with Gasteiger partial charge in [0.2, 0.25) is 11.7 Å². The molecule has 0 spiro atoms. The van der Waals surface area contributed by atoms with Gasteiger partial charge in [-0.3, -0.25) is 9.36 Å². The molecule has 0 amide bonds. The molecule has 2 aromatic rings. The molecule has 1 N–H and O–H groups in total. The first-order valence-electron chi connectivity index (χ1n) is 17.6. The molecule has 46 heavy (non-hydrogen) atoms. The molecular formula is C37H56N2O6S. The first-order chi connectivity index (χ1) is 21.8. The number of carbonyl (C=O) groups is 1. The number of hydrogen-bond donors (Lipinski definition) is 1. The Morgan fingerprint density at radius 2 is 1.50 bits per heavy atom. The number of benzene rings is 1. The van der Waals surface area contributed by atoms with Crippen molar-refractivity contribution in [1.29, 1.82) is 0 Å². The molecule has 2 aliphatic rings. The van der Waals surface area contributed by atoms with Gasteiger partial charge in [0.25, 0.3) is 5.56 Å². The zero-order valence-electron chi connectivity index (χ0n) is 28.7. The van der Waals surface area contributed by atoms with Crippen LogP contribution in [0.1, 0.15) is 153 Å². The summed E-state index contributed by atoms with van der Waals surface area (Å²) < 4.78 is 35.8. The summed E-state index contributed by atoms with van der Waals surface area (Å²) >= 11 is 0. The third-order valence-corrected chi connectivity index (χ3v) is 12.9. The zero-order chi connectivity index (χ0) is 33.5. The maximum absolute atomic E-state index is 14.4. The molecule has 0 aliphatic heterocycles. The van der Waals surface area contributed by atoms with Crippen molar-refractivity contribution in [2.24, 2.45) is 16.7 Å². The smallest absolute Gasteiger partial charge is 0.375 e. The van der Waals surface area contributed by atoms with Crippen LogP contribution in [-0.4, -0.2) is 34.3 Å². The standard InChI is InChI=1S/C37H56N2O6S/c1-27-20-14-9-8-12-19-25-37(27,5)35(36(2,3)4)39-31(34(42)45-26-28-21-15-13-16-22-28)38-32(40)30(33(39)41)46(43,44)29-23-17-10-6-7-11-18-24-29/h13,15-16,21-22,27,29,35,41H,6-12,14,17-20,23-26H2,1-5H3.